The van der Waals surface area contributed by atoms with E-state index in [2.05, 4.69) is 21.7 Å². The van der Waals surface area contributed by atoms with Crippen molar-refractivity contribution in [2.75, 3.05) is 11.9 Å². The summed E-state index contributed by atoms with van der Waals surface area (Å²) in [5.74, 6) is -0.279. The molecule has 1 aliphatic rings. The number of pyridine rings is 1. The first-order chi connectivity index (χ1) is 14.1. The second-order valence-corrected chi connectivity index (χ2v) is 7.12. The summed E-state index contributed by atoms with van der Waals surface area (Å²) in [6, 6.07) is 18.2. The third kappa shape index (κ3) is 4.17. The van der Waals surface area contributed by atoms with Gasteiger partial charge >= 0.3 is 0 Å². The van der Waals surface area contributed by atoms with Crippen LogP contribution in [-0.2, 0) is 11.2 Å². The van der Waals surface area contributed by atoms with Crippen LogP contribution < -0.4 is 16.4 Å². The molecule has 0 saturated heterocycles. The molecule has 29 heavy (non-hydrogen) atoms. The number of hydrogen-bond donors (Lipinski definition) is 3. The molecule has 0 bridgehead atoms. The number of carbonyl (C=O) groups is 2. The number of nitrogens with zero attached hydrogens (tertiary/aromatic N) is 1. The van der Waals surface area contributed by atoms with Crippen molar-refractivity contribution in [2.45, 2.75) is 18.4 Å². The Bertz CT molecular complexity index is 1020. The van der Waals surface area contributed by atoms with Gasteiger partial charge in [-0.15, -0.1) is 0 Å². The second-order valence-electron chi connectivity index (χ2n) is 7.12. The minimum atomic E-state index is -0.341. The summed E-state index contributed by atoms with van der Waals surface area (Å²) in [4.78, 5) is 28.6. The van der Waals surface area contributed by atoms with Crippen LogP contribution in [0.3, 0.4) is 0 Å². The SMILES string of the molecule is NC(CNC(=O)C1Cc2ccccc21)c1ccc(C(=O)Nc2ccncc2)cc1. The van der Waals surface area contributed by atoms with E-state index in [1.807, 2.05) is 30.3 Å². The maximum Gasteiger partial charge on any atom is 0.255 e. The van der Waals surface area contributed by atoms with Crippen LogP contribution in [-0.4, -0.2) is 23.3 Å². The molecule has 2 aromatic carbocycles. The number of nitrogens with one attached hydrogen (secondary N) is 2. The quantitative estimate of drug-likeness (QED) is 0.607. The van der Waals surface area contributed by atoms with Crippen LogP contribution in [0.4, 0.5) is 5.69 Å². The molecule has 1 aromatic heterocycles. The zero-order valence-electron chi connectivity index (χ0n) is 15.8. The highest BCUT2D eigenvalue weighted by molar-refractivity contribution is 6.04. The molecule has 3 aromatic rings. The van der Waals surface area contributed by atoms with Crippen LogP contribution in [0.25, 0.3) is 0 Å². The van der Waals surface area contributed by atoms with Gasteiger partial charge in [0.15, 0.2) is 0 Å². The van der Waals surface area contributed by atoms with Gasteiger partial charge in [0.1, 0.15) is 0 Å². The van der Waals surface area contributed by atoms with Gasteiger partial charge in [-0.25, -0.2) is 0 Å². The number of hydrogen-bond acceptors (Lipinski definition) is 4. The van der Waals surface area contributed by atoms with Gasteiger partial charge in [-0.2, -0.15) is 0 Å². The molecule has 6 heteroatoms. The van der Waals surface area contributed by atoms with E-state index in [1.54, 1.807) is 36.7 Å². The van der Waals surface area contributed by atoms with E-state index in [-0.39, 0.29) is 23.8 Å². The fourth-order valence-corrected chi connectivity index (χ4v) is 3.46. The predicted octanol–water partition coefficient (Wildman–Crippen LogP) is 2.79. The molecule has 2 unspecified atom stereocenters. The second kappa shape index (κ2) is 8.24. The molecule has 0 radical (unpaired) electrons. The third-order valence-electron chi connectivity index (χ3n) is 5.21. The Morgan fingerprint density at radius 2 is 1.76 bits per heavy atom. The van der Waals surface area contributed by atoms with E-state index in [4.69, 9.17) is 5.73 Å². The lowest BCUT2D eigenvalue weighted by atomic mass is 9.77. The maximum atomic E-state index is 12.4. The van der Waals surface area contributed by atoms with Crippen molar-refractivity contribution >= 4 is 17.5 Å². The Morgan fingerprint density at radius 3 is 2.48 bits per heavy atom. The Balaban J connectivity index is 1.31. The molecule has 2 atom stereocenters. The number of carbonyl (C=O) groups excluding carboxylic acids is 2. The van der Waals surface area contributed by atoms with Crippen LogP contribution >= 0.6 is 0 Å². The van der Waals surface area contributed by atoms with Crippen molar-refractivity contribution < 1.29 is 9.59 Å². The van der Waals surface area contributed by atoms with Crippen molar-refractivity contribution in [2.24, 2.45) is 5.73 Å². The normalized spacial score (nSPS) is 15.6. The molecule has 0 aliphatic heterocycles. The number of rotatable bonds is 6. The Morgan fingerprint density at radius 1 is 1.03 bits per heavy atom. The highest BCUT2D eigenvalue weighted by atomic mass is 16.2. The Hall–Kier alpha value is -3.51. The summed E-state index contributed by atoms with van der Waals surface area (Å²) >= 11 is 0. The first kappa shape index (κ1) is 18.8. The van der Waals surface area contributed by atoms with Crippen molar-refractivity contribution in [3.8, 4) is 0 Å². The van der Waals surface area contributed by atoms with Gasteiger partial charge in [0, 0.05) is 36.2 Å². The molecule has 0 fully saturated rings. The first-order valence-electron chi connectivity index (χ1n) is 9.54. The van der Waals surface area contributed by atoms with E-state index in [0.29, 0.717) is 17.8 Å². The van der Waals surface area contributed by atoms with Gasteiger partial charge in [-0.05, 0) is 47.4 Å². The van der Waals surface area contributed by atoms with E-state index < -0.39 is 0 Å². The van der Waals surface area contributed by atoms with Gasteiger partial charge in [-0.1, -0.05) is 36.4 Å². The standard InChI is InChI=1S/C23H22N4O2/c24-21(14-26-23(29)20-13-17-3-1-2-4-19(17)20)15-5-7-16(8-6-15)22(28)27-18-9-11-25-12-10-18/h1-12,20-21H,13-14,24H2,(H,26,29)(H,25,27,28). The largest absolute Gasteiger partial charge is 0.354 e. The van der Waals surface area contributed by atoms with Crippen molar-refractivity contribution in [1.82, 2.24) is 10.3 Å². The van der Waals surface area contributed by atoms with E-state index in [1.165, 1.54) is 5.56 Å². The summed E-state index contributed by atoms with van der Waals surface area (Å²) < 4.78 is 0. The number of amides is 2. The highest BCUT2D eigenvalue weighted by Crippen LogP contribution is 2.34. The zero-order valence-corrected chi connectivity index (χ0v) is 15.8. The monoisotopic (exact) mass is 386 g/mol. The summed E-state index contributed by atoms with van der Waals surface area (Å²) in [6.45, 7) is 0.347. The predicted molar refractivity (Wildman–Crippen MR) is 111 cm³/mol. The zero-order chi connectivity index (χ0) is 20.2. The molecule has 0 saturated carbocycles. The molecule has 0 spiro atoms. The molecular formula is C23H22N4O2. The number of fused-ring (bicyclic) bond motifs is 1. The fourth-order valence-electron chi connectivity index (χ4n) is 3.46. The summed E-state index contributed by atoms with van der Waals surface area (Å²) in [5.41, 5.74) is 10.6. The highest BCUT2D eigenvalue weighted by Gasteiger charge is 2.31. The van der Waals surface area contributed by atoms with Gasteiger partial charge in [-0.3, -0.25) is 14.6 Å². The average Bonchev–Trinajstić information content (AvgIpc) is 2.73. The number of anilines is 1. The van der Waals surface area contributed by atoms with Crippen LogP contribution in [0.1, 0.15) is 39.0 Å². The van der Waals surface area contributed by atoms with Gasteiger partial charge in [0.05, 0.1) is 5.92 Å². The summed E-state index contributed by atoms with van der Waals surface area (Å²) in [6.07, 6.45) is 4.01. The lowest BCUT2D eigenvalue weighted by Crippen LogP contribution is -2.39. The van der Waals surface area contributed by atoms with Crippen LogP contribution in [0.2, 0.25) is 0 Å². The molecular weight excluding hydrogens is 364 g/mol. The van der Waals surface area contributed by atoms with Crippen molar-refractivity contribution in [3.05, 3.63) is 95.3 Å². The molecule has 2 amide bonds. The minimum absolute atomic E-state index is 0.00694. The Labute approximate surface area is 169 Å². The fraction of sp³-hybridized carbons (Fsp3) is 0.174. The van der Waals surface area contributed by atoms with Crippen molar-refractivity contribution in [3.63, 3.8) is 0 Å². The molecule has 6 nitrogen and oxygen atoms in total. The van der Waals surface area contributed by atoms with E-state index in [9.17, 15) is 9.59 Å². The summed E-state index contributed by atoms with van der Waals surface area (Å²) in [5, 5.41) is 5.76. The molecule has 146 valence electrons. The molecule has 4 rings (SSSR count). The molecule has 4 N–H and O–H groups in total. The van der Waals surface area contributed by atoms with Crippen LogP contribution in [0, 0.1) is 0 Å². The lowest BCUT2D eigenvalue weighted by Gasteiger charge is -2.29. The summed E-state index contributed by atoms with van der Waals surface area (Å²) in [7, 11) is 0. The third-order valence-corrected chi connectivity index (χ3v) is 5.21. The molecule has 1 aliphatic carbocycles. The smallest absolute Gasteiger partial charge is 0.255 e. The van der Waals surface area contributed by atoms with E-state index >= 15 is 0 Å². The number of nitrogens with two attached hydrogens (primary N) is 1. The van der Waals surface area contributed by atoms with Gasteiger partial charge < -0.3 is 16.4 Å². The average molecular weight is 386 g/mol. The van der Waals surface area contributed by atoms with E-state index in [0.717, 1.165) is 17.5 Å². The minimum Gasteiger partial charge on any atom is -0.354 e. The number of aromatic nitrogens is 1. The van der Waals surface area contributed by atoms with Gasteiger partial charge in [0.25, 0.3) is 5.91 Å². The lowest BCUT2D eigenvalue weighted by molar-refractivity contribution is -0.123. The first-order valence-corrected chi connectivity index (χ1v) is 9.54. The topological polar surface area (TPSA) is 97.1 Å². The molecule has 1 heterocycles. The number of benzene rings is 2. The van der Waals surface area contributed by atoms with Crippen LogP contribution in [0.15, 0.2) is 73.1 Å². The Kier molecular flexibility index (Phi) is 5.35. The van der Waals surface area contributed by atoms with Gasteiger partial charge in [0.2, 0.25) is 5.91 Å². The van der Waals surface area contributed by atoms with Crippen molar-refractivity contribution in [1.29, 1.82) is 0 Å². The van der Waals surface area contributed by atoms with Crippen LogP contribution in [0.5, 0.6) is 0 Å². The maximum absolute atomic E-state index is 12.4.